The Kier molecular flexibility index (Phi) is 5.60. The quantitative estimate of drug-likeness (QED) is 0.335. The van der Waals surface area contributed by atoms with Crippen molar-refractivity contribution in [2.75, 3.05) is 17.7 Å². The fraction of sp³-hybridized carbons (Fsp3) is 0.182. The van der Waals surface area contributed by atoms with Gasteiger partial charge < -0.3 is 20.8 Å². The van der Waals surface area contributed by atoms with E-state index in [1.807, 2.05) is 19.1 Å². The molecule has 0 fully saturated rings. The molecule has 0 bridgehead atoms. The van der Waals surface area contributed by atoms with Gasteiger partial charge in [0, 0.05) is 59.5 Å². The van der Waals surface area contributed by atoms with Crippen LogP contribution in [0.1, 0.15) is 11.3 Å². The minimum absolute atomic E-state index is 0.0127. The topological polar surface area (TPSA) is 116 Å². The molecule has 11 heteroatoms. The van der Waals surface area contributed by atoms with E-state index >= 15 is 0 Å². The normalized spacial score (nSPS) is 12.1. The van der Waals surface area contributed by atoms with Crippen LogP contribution < -0.4 is 10.6 Å². The number of pyridine rings is 4. The SMILES string of the molecule is CNc1cc2ncc(-c3cc(Nc4cc(C(O)(O)C(F)(F)F)ccn4)cnc3C)cc2cn1. The smallest absolute Gasteiger partial charge is 0.373 e. The molecule has 4 N–H and O–H groups in total. The van der Waals surface area contributed by atoms with Crippen LogP contribution in [0.15, 0.2) is 55.1 Å². The van der Waals surface area contributed by atoms with Crippen molar-refractivity contribution in [2.45, 2.75) is 18.9 Å². The fourth-order valence-electron chi connectivity index (χ4n) is 3.23. The Balaban J connectivity index is 1.66. The Morgan fingerprint density at radius 3 is 2.39 bits per heavy atom. The Hall–Kier alpha value is -3.83. The van der Waals surface area contributed by atoms with Crippen LogP contribution in [-0.2, 0) is 5.79 Å². The van der Waals surface area contributed by atoms with Crippen LogP contribution in [0.3, 0.4) is 0 Å². The first kappa shape index (κ1) is 22.4. The molecule has 0 amide bonds. The zero-order valence-electron chi connectivity index (χ0n) is 17.5. The summed E-state index contributed by atoms with van der Waals surface area (Å²) in [6.45, 7) is 1.82. The lowest BCUT2D eigenvalue weighted by atomic mass is 10.0. The second kappa shape index (κ2) is 8.26. The molecular formula is C22H19F3N6O2. The molecule has 4 aromatic rings. The molecule has 33 heavy (non-hydrogen) atoms. The largest absolute Gasteiger partial charge is 0.447 e. The number of alkyl halides is 3. The van der Waals surface area contributed by atoms with Crippen molar-refractivity contribution < 1.29 is 23.4 Å². The molecule has 0 atom stereocenters. The van der Waals surface area contributed by atoms with E-state index in [-0.39, 0.29) is 5.82 Å². The second-order valence-corrected chi connectivity index (χ2v) is 7.32. The van der Waals surface area contributed by atoms with Gasteiger partial charge in [0.25, 0.3) is 5.79 Å². The predicted molar refractivity (Wildman–Crippen MR) is 117 cm³/mol. The summed E-state index contributed by atoms with van der Waals surface area (Å²) >= 11 is 0. The van der Waals surface area contributed by atoms with Gasteiger partial charge in [-0.05, 0) is 31.2 Å². The summed E-state index contributed by atoms with van der Waals surface area (Å²) < 4.78 is 38.9. The van der Waals surface area contributed by atoms with Crippen LogP contribution in [-0.4, -0.2) is 43.4 Å². The molecule has 0 unspecified atom stereocenters. The third kappa shape index (κ3) is 4.41. The monoisotopic (exact) mass is 456 g/mol. The number of aromatic nitrogens is 4. The lowest BCUT2D eigenvalue weighted by molar-refractivity contribution is -0.358. The van der Waals surface area contributed by atoms with E-state index in [1.165, 1.54) is 6.20 Å². The number of hydrogen-bond donors (Lipinski definition) is 4. The molecule has 0 aliphatic heterocycles. The van der Waals surface area contributed by atoms with Crippen LogP contribution in [0.4, 0.5) is 30.5 Å². The molecule has 8 nitrogen and oxygen atoms in total. The van der Waals surface area contributed by atoms with E-state index < -0.39 is 17.5 Å². The van der Waals surface area contributed by atoms with Crippen LogP contribution in [0.2, 0.25) is 0 Å². The summed E-state index contributed by atoms with van der Waals surface area (Å²) in [7, 11) is 1.77. The number of anilines is 3. The van der Waals surface area contributed by atoms with Gasteiger partial charge in [-0.2, -0.15) is 13.2 Å². The average molecular weight is 456 g/mol. The zero-order chi connectivity index (χ0) is 23.8. The van der Waals surface area contributed by atoms with Crippen molar-refractivity contribution >= 4 is 28.2 Å². The number of rotatable bonds is 5. The average Bonchev–Trinajstić information content (AvgIpc) is 2.79. The van der Waals surface area contributed by atoms with Gasteiger partial charge in [0.15, 0.2) is 0 Å². The van der Waals surface area contributed by atoms with Crippen LogP contribution in [0.25, 0.3) is 22.0 Å². The van der Waals surface area contributed by atoms with Crippen molar-refractivity contribution in [1.29, 1.82) is 0 Å². The molecule has 4 rings (SSSR count). The minimum atomic E-state index is -5.27. The van der Waals surface area contributed by atoms with Crippen LogP contribution >= 0.6 is 0 Å². The summed E-state index contributed by atoms with van der Waals surface area (Å²) in [5, 5.41) is 25.7. The van der Waals surface area contributed by atoms with Crippen molar-refractivity contribution in [3.05, 3.63) is 66.4 Å². The highest BCUT2D eigenvalue weighted by Gasteiger charge is 2.54. The maximum Gasteiger partial charge on any atom is 0.447 e. The van der Waals surface area contributed by atoms with Crippen LogP contribution in [0, 0.1) is 6.92 Å². The number of nitrogens with one attached hydrogen (secondary N) is 2. The second-order valence-electron chi connectivity index (χ2n) is 7.32. The highest BCUT2D eigenvalue weighted by atomic mass is 19.4. The fourth-order valence-corrected chi connectivity index (χ4v) is 3.23. The first-order valence-corrected chi connectivity index (χ1v) is 9.74. The molecule has 4 heterocycles. The first-order chi connectivity index (χ1) is 15.6. The van der Waals surface area contributed by atoms with E-state index in [2.05, 4.69) is 30.6 Å². The Bertz CT molecular complexity index is 1330. The highest BCUT2D eigenvalue weighted by Crippen LogP contribution is 2.37. The zero-order valence-corrected chi connectivity index (χ0v) is 17.5. The van der Waals surface area contributed by atoms with Gasteiger partial charge in [0.2, 0.25) is 0 Å². The lowest BCUT2D eigenvalue weighted by Gasteiger charge is -2.25. The van der Waals surface area contributed by atoms with Crippen LogP contribution in [0.5, 0.6) is 0 Å². The van der Waals surface area contributed by atoms with Crippen molar-refractivity contribution in [2.24, 2.45) is 0 Å². The van der Waals surface area contributed by atoms with Gasteiger partial charge in [-0.15, -0.1) is 0 Å². The number of halogens is 3. The molecular weight excluding hydrogens is 437 g/mol. The van der Waals surface area contributed by atoms with E-state index in [0.29, 0.717) is 17.2 Å². The van der Waals surface area contributed by atoms with E-state index in [0.717, 1.165) is 40.4 Å². The minimum Gasteiger partial charge on any atom is -0.373 e. The van der Waals surface area contributed by atoms with Gasteiger partial charge in [0.1, 0.15) is 11.6 Å². The number of hydrogen-bond acceptors (Lipinski definition) is 8. The molecule has 170 valence electrons. The van der Waals surface area contributed by atoms with Crippen molar-refractivity contribution in [3.8, 4) is 11.1 Å². The summed E-state index contributed by atoms with van der Waals surface area (Å²) in [6, 6.07) is 7.28. The van der Waals surface area contributed by atoms with Gasteiger partial charge >= 0.3 is 6.18 Å². The molecule has 0 saturated carbocycles. The number of fused-ring (bicyclic) bond motifs is 1. The molecule has 0 aliphatic rings. The molecule has 0 spiro atoms. The van der Waals surface area contributed by atoms with Crippen molar-refractivity contribution in [1.82, 2.24) is 19.9 Å². The Morgan fingerprint density at radius 2 is 1.67 bits per heavy atom. The van der Waals surface area contributed by atoms with Crippen molar-refractivity contribution in [3.63, 3.8) is 0 Å². The maximum absolute atomic E-state index is 13.0. The third-order valence-corrected chi connectivity index (χ3v) is 5.05. The van der Waals surface area contributed by atoms with Gasteiger partial charge in [-0.3, -0.25) is 9.97 Å². The van der Waals surface area contributed by atoms with Gasteiger partial charge in [-0.25, -0.2) is 9.97 Å². The molecule has 0 aromatic carbocycles. The standard InChI is InChI=1S/C22H19F3N6O2/c1-12-17(13-5-14-10-30-19(26-2)8-18(14)29-9-13)7-16(11-28-12)31-20-6-15(3-4-27-20)21(32,33)22(23,24)25/h3-11,32-33H,1-2H3,(H,26,30)(H,27,31). The van der Waals surface area contributed by atoms with Gasteiger partial charge in [0.05, 0.1) is 17.4 Å². The third-order valence-electron chi connectivity index (χ3n) is 5.05. The lowest BCUT2D eigenvalue weighted by Crippen LogP contribution is -2.42. The predicted octanol–water partition coefficient (Wildman–Crippen LogP) is 3.88. The number of nitrogens with zero attached hydrogens (tertiary/aromatic N) is 4. The first-order valence-electron chi connectivity index (χ1n) is 9.74. The van der Waals surface area contributed by atoms with E-state index in [4.69, 9.17) is 0 Å². The summed E-state index contributed by atoms with van der Waals surface area (Å²) in [6.07, 6.45) is 0.679. The number of aryl methyl sites for hydroxylation is 1. The summed E-state index contributed by atoms with van der Waals surface area (Å²) in [4.78, 5) is 17.1. The summed E-state index contributed by atoms with van der Waals surface area (Å²) in [5.41, 5.74) is 2.68. The Morgan fingerprint density at radius 1 is 0.879 bits per heavy atom. The number of aliphatic hydroxyl groups is 2. The molecule has 0 aliphatic carbocycles. The molecule has 0 saturated heterocycles. The van der Waals surface area contributed by atoms with E-state index in [1.54, 1.807) is 25.5 Å². The Labute approximate surface area is 186 Å². The molecule has 0 radical (unpaired) electrons. The molecule has 4 aromatic heterocycles. The maximum atomic E-state index is 13.0. The van der Waals surface area contributed by atoms with E-state index in [9.17, 15) is 23.4 Å². The summed E-state index contributed by atoms with van der Waals surface area (Å²) in [5.74, 6) is -3.32. The highest BCUT2D eigenvalue weighted by molar-refractivity contribution is 5.85. The van der Waals surface area contributed by atoms with Gasteiger partial charge in [-0.1, -0.05) is 0 Å².